The van der Waals surface area contributed by atoms with Crippen molar-refractivity contribution in [2.45, 2.75) is 20.3 Å². The van der Waals surface area contributed by atoms with Crippen LogP contribution >= 0.6 is 0 Å². The van der Waals surface area contributed by atoms with Gasteiger partial charge < -0.3 is 24.8 Å². The third-order valence-corrected chi connectivity index (χ3v) is 12.5. The molecule has 5 aromatic rings. The minimum absolute atomic E-state index is 0. The van der Waals surface area contributed by atoms with Gasteiger partial charge in [-0.2, -0.15) is 0 Å². The number of hydrogen-bond acceptors (Lipinski definition) is 0. The van der Waals surface area contributed by atoms with Crippen LogP contribution in [-0.4, -0.2) is 8.07 Å². The molecule has 0 nitrogen and oxygen atoms in total. The summed E-state index contributed by atoms with van der Waals surface area (Å²) >= 11 is 0. The van der Waals surface area contributed by atoms with Crippen LogP contribution in [-0.2, 0) is 25.8 Å². The third-order valence-electron chi connectivity index (χ3n) is 7.76. The fraction of sp³-hybridized carbons (Fsp3) is 0.0938. The smallest absolute Gasteiger partial charge is 0.171 e. The maximum Gasteiger partial charge on any atom is 0.171 e. The summed E-state index contributed by atoms with van der Waals surface area (Å²) < 4.78 is 0. The number of halogens is 2. The van der Waals surface area contributed by atoms with E-state index in [9.17, 15) is 0 Å². The third kappa shape index (κ3) is 3.61. The van der Waals surface area contributed by atoms with Crippen LogP contribution < -0.4 is 45.6 Å². The van der Waals surface area contributed by atoms with Crippen molar-refractivity contribution in [1.29, 1.82) is 0 Å². The molecule has 0 spiro atoms. The van der Waals surface area contributed by atoms with E-state index in [4.69, 9.17) is 0 Å². The van der Waals surface area contributed by atoms with E-state index in [0.717, 1.165) is 6.42 Å². The van der Waals surface area contributed by atoms with Gasteiger partial charge in [0.05, 0.1) is 0 Å². The van der Waals surface area contributed by atoms with Gasteiger partial charge in [0.1, 0.15) is 0 Å². The summed E-state index contributed by atoms with van der Waals surface area (Å²) in [6.07, 6.45) is 7.87. The van der Waals surface area contributed by atoms with Gasteiger partial charge in [-0.05, 0) is 30.6 Å². The molecule has 1 aliphatic heterocycles. The van der Waals surface area contributed by atoms with Crippen LogP contribution in [0.3, 0.4) is 0 Å². The Bertz CT molecular complexity index is 1610. The molecule has 0 aromatic heterocycles. The minimum atomic E-state index is -2.18. The normalized spacial score (nSPS) is 14.4. The fourth-order valence-electron chi connectivity index (χ4n) is 6.42. The summed E-state index contributed by atoms with van der Waals surface area (Å²) in [5, 5.41) is 12.0. The first-order valence-corrected chi connectivity index (χ1v) is 13.9. The minimum Gasteiger partial charge on any atom is -1.00 e. The Morgan fingerprint density at radius 2 is 1.42 bits per heavy atom. The van der Waals surface area contributed by atoms with Crippen molar-refractivity contribution in [3.63, 3.8) is 0 Å². The molecule has 5 aromatic carbocycles. The summed E-state index contributed by atoms with van der Waals surface area (Å²) in [6.45, 7) is 4.59. The summed E-state index contributed by atoms with van der Waals surface area (Å²) in [5.41, 5.74) is 5.76. The van der Waals surface area contributed by atoms with Gasteiger partial charge in [-0.3, -0.25) is 0 Å². The summed E-state index contributed by atoms with van der Waals surface area (Å²) in [4.78, 5) is 0. The molecule has 4 heteroatoms. The molecule has 0 atom stereocenters. The van der Waals surface area contributed by atoms with Crippen LogP contribution in [0.2, 0.25) is 0 Å². The topological polar surface area (TPSA) is 0 Å². The first-order valence-electron chi connectivity index (χ1n) is 11.9. The largest absolute Gasteiger partial charge is 1.00 e. The molecule has 0 saturated heterocycles. The molecule has 36 heavy (non-hydrogen) atoms. The second-order valence-corrected chi connectivity index (χ2v) is 13.2. The van der Waals surface area contributed by atoms with E-state index < -0.39 is 8.07 Å². The van der Waals surface area contributed by atoms with Crippen LogP contribution in [0, 0.1) is 13.8 Å². The average Bonchev–Trinajstić information content (AvgIpc) is 3.11. The number of benzene rings is 4. The number of hydrogen-bond donors (Lipinski definition) is 0. The predicted molar refractivity (Wildman–Crippen MR) is 145 cm³/mol. The van der Waals surface area contributed by atoms with E-state index in [-0.39, 0.29) is 50.7 Å². The van der Waals surface area contributed by atoms with Gasteiger partial charge in [0.25, 0.3) is 0 Å². The van der Waals surface area contributed by atoms with E-state index in [1.165, 1.54) is 54.2 Å². The Morgan fingerprint density at radius 1 is 0.778 bits per heavy atom. The number of fused-ring (bicyclic) bond motifs is 5. The van der Waals surface area contributed by atoms with Crippen LogP contribution in [0.15, 0.2) is 103 Å². The molecule has 0 fully saturated rings. The van der Waals surface area contributed by atoms with E-state index in [0.29, 0.717) is 0 Å². The van der Waals surface area contributed by atoms with Crippen LogP contribution in [0.25, 0.3) is 27.1 Å². The summed E-state index contributed by atoms with van der Waals surface area (Å²) in [5.74, 6) is 0. The molecule has 0 bridgehead atoms. The number of aryl methyl sites for hydroxylation is 1. The average molecular weight is 687 g/mol. The van der Waals surface area contributed by atoms with Gasteiger partial charge in [0.2, 0.25) is 0 Å². The molecule has 0 saturated carbocycles. The van der Waals surface area contributed by atoms with Gasteiger partial charge in [-0.15, -0.1) is 33.7 Å². The Kier molecular flexibility index (Phi) is 7.47. The van der Waals surface area contributed by atoms with E-state index in [1.807, 2.05) is 0 Å². The molecule has 0 radical (unpaired) electrons. The Morgan fingerprint density at radius 3 is 2.00 bits per heavy atom. The molecule has 7 rings (SSSR count). The number of allylic oxidation sites excluding steroid dienone is 4. The van der Waals surface area contributed by atoms with Crippen molar-refractivity contribution < 1.29 is 50.7 Å². The Balaban J connectivity index is 0.00000101. The summed E-state index contributed by atoms with van der Waals surface area (Å²) in [6, 6.07) is 32.1. The molecule has 1 aliphatic carbocycles. The quantitative estimate of drug-likeness (QED) is 0.172. The van der Waals surface area contributed by atoms with Crippen molar-refractivity contribution in [2.24, 2.45) is 0 Å². The molecular weight excluding hydrogens is 662 g/mol. The molecule has 1 heterocycles. The number of rotatable bonds is 3. The molecular formula is C32H25Cl2HfSi-3. The molecule has 0 unspecified atom stereocenters. The molecule has 0 amide bonds. The van der Waals surface area contributed by atoms with Gasteiger partial charge in [0.15, 0.2) is 8.07 Å². The predicted octanol–water partition coefficient (Wildman–Crippen LogP) is -0.632. The van der Waals surface area contributed by atoms with Crippen LogP contribution in [0.1, 0.15) is 23.1 Å². The molecule has 0 N–H and O–H groups in total. The van der Waals surface area contributed by atoms with E-state index in [1.54, 1.807) is 10.4 Å². The van der Waals surface area contributed by atoms with Crippen LogP contribution in [0.4, 0.5) is 0 Å². The monoisotopic (exact) mass is 687 g/mol. The van der Waals surface area contributed by atoms with Gasteiger partial charge in [-0.1, -0.05) is 124 Å². The molecule has 178 valence electrons. The van der Waals surface area contributed by atoms with Crippen molar-refractivity contribution >= 4 is 55.9 Å². The second-order valence-electron chi connectivity index (χ2n) is 9.58. The van der Waals surface area contributed by atoms with Gasteiger partial charge in [-0.25, -0.2) is 0 Å². The zero-order valence-corrected chi connectivity index (χ0v) is 26.4. The van der Waals surface area contributed by atoms with Gasteiger partial charge in [0, 0.05) is 25.8 Å². The van der Waals surface area contributed by atoms with Crippen LogP contribution in [0.5, 0.6) is 0 Å². The van der Waals surface area contributed by atoms with Gasteiger partial charge >= 0.3 is 0 Å². The van der Waals surface area contributed by atoms with Crippen molar-refractivity contribution in [1.82, 2.24) is 0 Å². The zero-order chi connectivity index (χ0) is 22.2. The Hall–Kier alpha value is -2.10. The maximum absolute atomic E-state index is 2.47. The van der Waals surface area contributed by atoms with E-state index in [2.05, 4.69) is 117 Å². The van der Waals surface area contributed by atoms with Crippen molar-refractivity contribution in [3.05, 3.63) is 120 Å². The first kappa shape index (κ1) is 26.9. The zero-order valence-electron chi connectivity index (χ0n) is 20.3. The SMILES string of the molecule is Cc1ccc2c(c1)[cH-]c1c(C3=CC=CC3)c(C)c3c(c12)[Si]3(c1ccccc1)c1ccccc1.[Cl-].[Cl-].[Hf]. The summed E-state index contributed by atoms with van der Waals surface area (Å²) in [7, 11) is -2.18. The Labute approximate surface area is 245 Å². The van der Waals surface area contributed by atoms with E-state index >= 15 is 0 Å². The fourth-order valence-corrected chi connectivity index (χ4v) is 11.9. The standard InChI is InChI=1S/C32H25Si.2ClH.Hf/c1-21-17-18-27-24(19-21)20-28-29(23-11-9-10-12-23)22(2)31-32(30(27)28)33(31,25-13-5-3-6-14-25)26-15-7-4-8-16-26;;;/h3-11,13-20H,12H2,1-2H3;2*1H;/q-1;;;/p-2. The second kappa shape index (κ2) is 9.98. The first-order chi connectivity index (χ1) is 16.2. The van der Waals surface area contributed by atoms with Crippen molar-refractivity contribution in [3.8, 4) is 0 Å². The maximum atomic E-state index is 2.47. The van der Waals surface area contributed by atoms with Crippen molar-refractivity contribution in [2.75, 3.05) is 0 Å². The molecule has 2 aliphatic rings.